The minimum absolute atomic E-state index is 0.134. The van der Waals surface area contributed by atoms with Crippen LogP contribution in [0.25, 0.3) is 0 Å². The van der Waals surface area contributed by atoms with Crippen molar-refractivity contribution < 1.29 is 4.74 Å². The number of methoxy groups -OCH3 is 1. The zero-order valence-electron chi connectivity index (χ0n) is 10.9. The van der Waals surface area contributed by atoms with E-state index in [1.54, 1.807) is 13.3 Å². The van der Waals surface area contributed by atoms with E-state index in [1.165, 1.54) is 0 Å². The number of hydrogen-bond acceptors (Lipinski definition) is 4. The Balaban J connectivity index is 2.25. The molecule has 0 saturated heterocycles. The number of ether oxygens (including phenoxy) is 1. The first-order chi connectivity index (χ1) is 8.76. The van der Waals surface area contributed by atoms with Gasteiger partial charge in [0.25, 0.3) is 0 Å². The molecule has 0 aliphatic carbocycles. The first-order valence-electron chi connectivity index (χ1n) is 5.88. The zero-order valence-corrected chi connectivity index (χ0v) is 10.9. The summed E-state index contributed by atoms with van der Waals surface area (Å²) in [5, 5.41) is 3.29. The summed E-state index contributed by atoms with van der Waals surface area (Å²) in [5.41, 5.74) is 1.05. The normalized spacial score (nSPS) is 12.4. The largest absolute Gasteiger partial charge is 0.481 e. The van der Waals surface area contributed by atoms with Crippen molar-refractivity contribution >= 4 is 0 Å². The molecule has 5 heteroatoms. The number of nitrogens with zero attached hydrogens (tertiary/aromatic N) is 3. The number of likely N-dealkylation sites (N-methyl/N-ethyl adjacent to an activating group) is 1. The minimum atomic E-state index is 0.134. The molecule has 0 aromatic carbocycles. The molecule has 2 rings (SSSR count). The Morgan fingerprint density at radius 2 is 2.22 bits per heavy atom. The molecular weight excluding hydrogens is 228 g/mol. The predicted molar refractivity (Wildman–Crippen MR) is 69.5 cm³/mol. The van der Waals surface area contributed by atoms with Crippen LogP contribution in [-0.2, 0) is 13.5 Å². The van der Waals surface area contributed by atoms with E-state index >= 15 is 0 Å². The Labute approximate surface area is 107 Å². The zero-order chi connectivity index (χ0) is 13.0. The third-order valence-corrected chi connectivity index (χ3v) is 3.03. The summed E-state index contributed by atoms with van der Waals surface area (Å²) in [6.45, 7) is 0. The van der Waals surface area contributed by atoms with Crippen LogP contribution in [0.5, 0.6) is 5.88 Å². The van der Waals surface area contributed by atoms with Crippen molar-refractivity contribution in [3.05, 3.63) is 42.1 Å². The Kier molecular flexibility index (Phi) is 3.94. The van der Waals surface area contributed by atoms with E-state index in [0.717, 1.165) is 17.8 Å². The Morgan fingerprint density at radius 1 is 1.39 bits per heavy atom. The second-order valence-electron chi connectivity index (χ2n) is 4.10. The van der Waals surface area contributed by atoms with Crippen molar-refractivity contribution in [1.29, 1.82) is 0 Å². The number of hydrogen-bond donors (Lipinski definition) is 1. The third kappa shape index (κ3) is 2.51. The van der Waals surface area contributed by atoms with Crippen molar-refractivity contribution in [2.75, 3.05) is 14.2 Å². The number of aryl methyl sites for hydroxylation is 1. The van der Waals surface area contributed by atoms with Crippen LogP contribution < -0.4 is 10.1 Å². The molecular formula is C13H18N4O. The summed E-state index contributed by atoms with van der Waals surface area (Å²) in [5.74, 6) is 1.69. The van der Waals surface area contributed by atoms with Crippen molar-refractivity contribution in [2.24, 2.45) is 7.05 Å². The standard InChI is InChI=1S/C13H18N4O/c1-14-11(9-12-15-7-8-17(12)2)10-5-4-6-16-13(10)18-3/h4-8,11,14H,9H2,1-3H3. The molecule has 0 aliphatic heterocycles. The average Bonchev–Trinajstić information content (AvgIpc) is 2.81. The molecule has 5 nitrogen and oxygen atoms in total. The summed E-state index contributed by atoms with van der Waals surface area (Å²) in [6, 6.07) is 4.08. The lowest BCUT2D eigenvalue weighted by molar-refractivity contribution is 0.383. The van der Waals surface area contributed by atoms with Gasteiger partial charge in [-0.1, -0.05) is 6.07 Å². The second-order valence-corrected chi connectivity index (χ2v) is 4.10. The van der Waals surface area contributed by atoms with Gasteiger partial charge in [-0.15, -0.1) is 0 Å². The summed E-state index contributed by atoms with van der Waals surface area (Å²) in [7, 11) is 5.56. The van der Waals surface area contributed by atoms with Crippen molar-refractivity contribution in [2.45, 2.75) is 12.5 Å². The van der Waals surface area contributed by atoms with E-state index in [4.69, 9.17) is 4.74 Å². The van der Waals surface area contributed by atoms with Crippen LogP contribution in [0.15, 0.2) is 30.7 Å². The van der Waals surface area contributed by atoms with Crippen molar-refractivity contribution in [1.82, 2.24) is 19.9 Å². The fourth-order valence-electron chi connectivity index (χ4n) is 1.98. The molecule has 0 amide bonds. The number of aromatic nitrogens is 3. The van der Waals surface area contributed by atoms with Crippen LogP contribution in [0.2, 0.25) is 0 Å². The van der Waals surface area contributed by atoms with Gasteiger partial charge in [-0.25, -0.2) is 9.97 Å². The Hall–Kier alpha value is -1.88. The first kappa shape index (κ1) is 12.6. The average molecular weight is 246 g/mol. The Bertz CT molecular complexity index is 509. The highest BCUT2D eigenvalue weighted by Gasteiger charge is 2.17. The van der Waals surface area contributed by atoms with Gasteiger partial charge in [-0.3, -0.25) is 0 Å². The number of pyridine rings is 1. The summed E-state index contributed by atoms with van der Waals surface area (Å²) in [4.78, 5) is 8.57. The molecule has 1 unspecified atom stereocenters. The number of nitrogens with one attached hydrogen (secondary N) is 1. The highest BCUT2D eigenvalue weighted by molar-refractivity contribution is 5.29. The van der Waals surface area contributed by atoms with Crippen LogP contribution >= 0.6 is 0 Å². The van der Waals surface area contributed by atoms with Gasteiger partial charge in [0, 0.05) is 43.7 Å². The molecule has 0 spiro atoms. The molecule has 2 aromatic rings. The summed E-state index contributed by atoms with van der Waals surface area (Å²) in [6.07, 6.45) is 6.28. The van der Waals surface area contributed by atoms with Gasteiger partial charge in [-0.05, 0) is 13.1 Å². The van der Waals surface area contributed by atoms with E-state index < -0.39 is 0 Å². The van der Waals surface area contributed by atoms with Crippen LogP contribution in [0.3, 0.4) is 0 Å². The van der Waals surface area contributed by atoms with Crippen LogP contribution in [0.4, 0.5) is 0 Å². The monoisotopic (exact) mass is 246 g/mol. The third-order valence-electron chi connectivity index (χ3n) is 3.03. The van der Waals surface area contributed by atoms with E-state index in [1.807, 2.05) is 43.2 Å². The van der Waals surface area contributed by atoms with Gasteiger partial charge >= 0.3 is 0 Å². The van der Waals surface area contributed by atoms with Gasteiger partial charge in [0.1, 0.15) is 5.82 Å². The molecule has 0 fully saturated rings. The fraction of sp³-hybridized carbons (Fsp3) is 0.385. The Morgan fingerprint density at radius 3 is 2.83 bits per heavy atom. The number of imidazole rings is 1. The molecule has 2 aromatic heterocycles. The SMILES string of the molecule is CNC(Cc1nccn1C)c1cccnc1OC. The first-order valence-corrected chi connectivity index (χ1v) is 5.88. The fourth-order valence-corrected chi connectivity index (χ4v) is 1.98. The summed E-state index contributed by atoms with van der Waals surface area (Å²) < 4.78 is 7.32. The maximum Gasteiger partial charge on any atom is 0.217 e. The molecule has 1 N–H and O–H groups in total. The quantitative estimate of drug-likeness (QED) is 0.864. The molecule has 1 atom stereocenters. The van der Waals surface area contributed by atoms with Crippen molar-refractivity contribution in [3.8, 4) is 5.88 Å². The maximum atomic E-state index is 5.30. The summed E-state index contributed by atoms with van der Waals surface area (Å²) >= 11 is 0. The molecule has 18 heavy (non-hydrogen) atoms. The molecule has 0 aliphatic rings. The van der Waals surface area contributed by atoms with E-state index in [2.05, 4.69) is 15.3 Å². The molecule has 0 saturated carbocycles. The maximum absolute atomic E-state index is 5.30. The number of rotatable bonds is 5. The lowest BCUT2D eigenvalue weighted by atomic mass is 10.1. The van der Waals surface area contributed by atoms with Gasteiger partial charge < -0.3 is 14.6 Å². The lowest BCUT2D eigenvalue weighted by Gasteiger charge is -2.18. The van der Waals surface area contributed by atoms with Gasteiger partial charge in [-0.2, -0.15) is 0 Å². The van der Waals surface area contributed by atoms with E-state index in [9.17, 15) is 0 Å². The van der Waals surface area contributed by atoms with Gasteiger partial charge in [0.05, 0.1) is 7.11 Å². The smallest absolute Gasteiger partial charge is 0.217 e. The van der Waals surface area contributed by atoms with Crippen LogP contribution in [-0.4, -0.2) is 28.7 Å². The van der Waals surface area contributed by atoms with E-state index in [-0.39, 0.29) is 6.04 Å². The lowest BCUT2D eigenvalue weighted by Crippen LogP contribution is -2.21. The highest BCUT2D eigenvalue weighted by Crippen LogP contribution is 2.24. The topological polar surface area (TPSA) is 52.0 Å². The van der Waals surface area contributed by atoms with Gasteiger partial charge in [0.15, 0.2) is 0 Å². The molecule has 96 valence electrons. The van der Waals surface area contributed by atoms with Gasteiger partial charge in [0.2, 0.25) is 5.88 Å². The predicted octanol–water partition coefficient (Wildman–Crippen LogP) is 1.33. The minimum Gasteiger partial charge on any atom is -0.481 e. The van der Waals surface area contributed by atoms with E-state index in [0.29, 0.717) is 5.88 Å². The van der Waals surface area contributed by atoms with Crippen LogP contribution in [0, 0.1) is 0 Å². The van der Waals surface area contributed by atoms with Crippen LogP contribution in [0.1, 0.15) is 17.4 Å². The van der Waals surface area contributed by atoms with Crippen molar-refractivity contribution in [3.63, 3.8) is 0 Å². The second kappa shape index (κ2) is 5.64. The molecule has 0 bridgehead atoms. The highest BCUT2D eigenvalue weighted by atomic mass is 16.5. The molecule has 0 radical (unpaired) electrons. The molecule has 2 heterocycles.